The van der Waals surface area contributed by atoms with Crippen LogP contribution in [-0.4, -0.2) is 12.5 Å². The van der Waals surface area contributed by atoms with Gasteiger partial charge < -0.3 is 15.8 Å². The van der Waals surface area contributed by atoms with Gasteiger partial charge in [0, 0.05) is 5.02 Å². The van der Waals surface area contributed by atoms with Gasteiger partial charge in [-0.2, -0.15) is 0 Å². The molecule has 0 bridgehead atoms. The third kappa shape index (κ3) is 4.06. The summed E-state index contributed by atoms with van der Waals surface area (Å²) >= 11 is 11.9. The van der Waals surface area contributed by atoms with Crippen molar-refractivity contribution >= 4 is 40.5 Å². The van der Waals surface area contributed by atoms with E-state index < -0.39 is 0 Å². The van der Waals surface area contributed by atoms with E-state index in [-0.39, 0.29) is 12.5 Å². The number of rotatable bonds is 4. The molecule has 0 saturated heterocycles. The van der Waals surface area contributed by atoms with E-state index in [4.69, 9.17) is 33.7 Å². The van der Waals surface area contributed by atoms with Crippen LogP contribution in [0, 0.1) is 13.8 Å². The zero-order chi connectivity index (χ0) is 16.3. The number of hydrogen-bond donors (Lipinski definition) is 2. The maximum atomic E-state index is 12.0. The van der Waals surface area contributed by atoms with E-state index in [0.717, 1.165) is 11.1 Å². The first kappa shape index (κ1) is 16.5. The fourth-order valence-electron chi connectivity index (χ4n) is 1.99. The normalized spacial score (nSPS) is 10.4. The molecule has 0 aliphatic heterocycles. The number of carbonyl (C=O) groups excluding carboxylic acids is 1. The predicted molar refractivity (Wildman–Crippen MR) is 90.9 cm³/mol. The lowest BCUT2D eigenvalue weighted by Crippen LogP contribution is -2.21. The molecule has 0 aliphatic carbocycles. The Kier molecular flexibility index (Phi) is 5.16. The number of ether oxygens (including phenoxy) is 1. The summed E-state index contributed by atoms with van der Waals surface area (Å²) in [5.41, 5.74) is 8.70. The Morgan fingerprint density at radius 3 is 2.59 bits per heavy atom. The second kappa shape index (κ2) is 6.90. The van der Waals surface area contributed by atoms with Crippen molar-refractivity contribution < 1.29 is 9.53 Å². The topological polar surface area (TPSA) is 64.3 Å². The van der Waals surface area contributed by atoms with Gasteiger partial charge in [0.1, 0.15) is 5.75 Å². The van der Waals surface area contributed by atoms with Crippen molar-refractivity contribution in [1.29, 1.82) is 0 Å². The number of anilines is 2. The fraction of sp³-hybridized carbons (Fsp3) is 0.188. The average molecular weight is 339 g/mol. The molecule has 2 rings (SSSR count). The molecule has 0 heterocycles. The molecule has 0 atom stereocenters. The molecule has 2 aromatic carbocycles. The zero-order valence-electron chi connectivity index (χ0n) is 12.2. The molecule has 116 valence electrons. The van der Waals surface area contributed by atoms with Crippen molar-refractivity contribution in [1.82, 2.24) is 0 Å². The molecule has 0 radical (unpaired) electrons. The lowest BCUT2D eigenvalue weighted by molar-refractivity contribution is -0.118. The molecule has 0 spiro atoms. The van der Waals surface area contributed by atoms with Crippen molar-refractivity contribution in [2.45, 2.75) is 13.8 Å². The standard InChI is InChI=1S/C16H16Cl2N2O2/c1-9-3-4-14(13(19)5-9)20-15(21)8-22-16-10(2)6-11(17)7-12(16)18/h3-7H,8,19H2,1-2H3,(H,20,21). The smallest absolute Gasteiger partial charge is 0.262 e. The van der Waals surface area contributed by atoms with Gasteiger partial charge in [-0.25, -0.2) is 0 Å². The number of hydrogen-bond acceptors (Lipinski definition) is 3. The molecular formula is C16H16Cl2N2O2. The predicted octanol–water partition coefficient (Wildman–Crippen LogP) is 4.21. The first-order valence-electron chi connectivity index (χ1n) is 6.61. The first-order chi connectivity index (χ1) is 10.4. The summed E-state index contributed by atoms with van der Waals surface area (Å²) in [4.78, 5) is 12.0. The minimum absolute atomic E-state index is 0.171. The van der Waals surface area contributed by atoms with Crippen molar-refractivity contribution in [3.63, 3.8) is 0 Å². The summed E-state index contributed by atoms with van der Waals surface area (Å²) < 4.78 is 5.48. The Labute approximate surface area is 139 Å². The summed E-state index contributed by atoms with van der Waals surface area (Å²) in [6, 6.07) is 8.70. The molecule has 3 N–H and O–H groups in total. The number of nitrogens with two attached hydrogens (primary N) is 1. The van der Waals surface area contributed by atoms with E-state index in [1.165, 1.54) is 0 Å². The van der Waals surface area contributed by atoms with E-state index in [0.29, 0.717) is 27.2 Å². The van der Waals surface area contributed by atoms with Crippen molar-refractivity contribution in [3.05, 3.63) is 51.5 Å². The van der Waals surface area contributed by atoms with Crippen LogP contribution in [0.15, 0.2) is 30.3 Å². The van der Waals surface area contributed by atoms with E-state index in [1.807, 2.05) is 19.9 Å². The molecule has 6 heteroatoms. The second-order valence-corrected chi connectivity index (χ2v) is 5.80. The zero-order valence-corrected chi connectivity index (χ0v) is 13.8. The van der Waals surface area contributed by atoms with Gasteiger partial charge in [0.2, 0.25) is 0 Å². The SMILES string of the molecule is Cc1ccc(NC(=O)COc2c(C)cc(Cl)cc2Cl)c(N)c1. The van der Waals surface area contributed by atoms with Crippen molar-refractivity contribution in [2.24, 2.45) is 0 Å². The largest absolute Gasteiger partial charge is 0.482 e. The minimum Gasteiger partial charge on any atom is -0.482 e. The van der Waals surface area contributed by atoms with Crippen LogP contribution in [0.25, 0.3) is 0 Å². The average Bonchev–Trinajstić information content (AvgIpc) is 2.40. The van der Waals surface area contributed by atoms with Gasteiger partial charge in [-0.3, -0.25) is 4.79 Å². The molecule has 0 aliphatic rings. The Bertz CT molecular complexity index is 694. The highest BCUT2D eigenvalue weighted by atomic mass is 35.5. The van der Waals surface area contributed by atoms with Crippen LogP contribution in [0.2, 0.25) is 10.0 Å². The number of halogens is 2. The van der Waals surface area contributed by atoms with Gasteiger partial charge in [0.05, 0.1) is 16.4 Å². The Morgan fingerprint density at radius 2 is 1.95 bits per heavy atom. The summed E-state index contributed by atoms with van der Waals surface area (Å²) in [6.45, 7) is 3.56. The van der Waals surface area contributed by atoms with Crippen LogP contribution >= 0.6 is 23.2 Å². The molecule has 22 heavy (non-hydrogen) atoms. The Hall–Kier alpha value is -1.91. The van der Waals surface area contributed by atoms with Gasteiger partial charge >= 0.3 is 0 Å². The van der Waals surface area contributed by atoms with Crippen LogP contribution in [0.4, 0.5) is 11.4 Å². The van der Waals surface area contributed by atoms with Crippen LogP contribution < -0.4 is 15.8 Å². The number of amides is 1. The molecule has 0 unspecified atom stereocenters. The van der Waals surface area contributed by atoms with E-state index in [2.05, 4.69) is 5.32 Å². The second-order valence-electron chi connectivity index (χ2n) is 4.96. The first-order valence-corrected chi connectivity index (χ1v) is 7.37. The molecule has 2 aromatic rings. The molecule has 1 amide bonds. The lowest BCUT2D eigenvalue weighted by Gasteiger charge is -2.12. The summed E-state index contributed by atoms with van der Waals surface area (Å²) in [5, 5.41) is 3.59. The van der Waals surface area contributed by atoms with Gasteiger partial charge in [-0.1, -0.05) is 29.3 Å². The quantitative estimate of drug-likeness (QED) is 0.820. The fourth-order valence-corrected chi connectivity index (χ4v) is 2.64. The van der Waals surface area contributed by atoms with Crippen LogP contribution in [-0.2, 0) is 4.79 Å². The molecular weight excluding hydrogens is 323 g/mol. The highest BCUT2D eigenvalue weighted by Crippen LogP contribution is 2.31. The lowest BCUT2D eigenvalue weighted by atomic mass is 10.2. The molecule has 4 nitrogen and oxygen atoms in total. The van der Waals surface area contributed by atoms with E-state index in [1.54, 1.807) is 24.3 Å². The number of nitrogen functional groups attached to an aromatic ring is 1. The number of nitrogens with one attached hydrogen (secondary N) is 1. The maximum absolute atomic E-state index is 12.0. The molecule has 0 aromatic heterocycles. The monoisotopic (exact) mass is 338 g/mol. The van der Waals surface area contributed by atoms with Crippen molar-refractivity contribution in [3.8, 4) is 5.75 Å². The molecule has 0 fully saturated rings. The number of carbonyl (C=O) groups is 1. The number of benzene rings is 2. The van der Waals surface area contributed by atoms with Crippen LogP contribution in [0.3, 0.4) is 0 Å². The third-order valence-electron chi connectivity index (χ3n) is 3.02. The molecule has 0 saturated carbocycles. The minimum atomic E-state index is -0.319. The van der Waals surface area contributed by atoms with Crippen LogP contribution in [0.5, 0.6) is 5.75 Å². The third-order valence-corrected chi connectivity index (χ3v) is 3.52. The number of aryl methyl sites for hydroxylation is 2. The van der Waals surface area contributed by atoms with Crippen LogP contribution in [0.1, 0.15) is 11.1 Å². The summed E-state index contributed by atoms with van der Waals surface area (Å²) in [5.74, 6) is 0.124. The van der Waals surface area contributed by atoms with Gasteiger partial charge in [0.25, 0.3) is 5.91 Å². The summed E-state index contributed by atoms with van der Waals surface area (Å²) in [7, 11) is 0. The van der Waals surface area contributed by atoms with E-state index in [9.17, 15) is 4.79 Å². The van der Waals surface area contributed by atoms with Gasteiger partial charge in [-0.15, -0.1) is 0 Å². The van der Waals surface area contributed by atoms with Gasteiger partial charge in [0.15, 0.2) is 6.61 Å². The summed E-state index contributed by atoms with van der Waals surface area (Å²) in [6.07, 6.45) is 0. The van der Waals surface area contributed by atoms with Gasteiger partial charge in [-0.05, 0) is 49.2 Å². The highest BCUT2D eigenvalue weighted by molar-refractivity contribution is 6.35. The Balaban J connectivity index is 2.02. The maximum Gasteiger partial charge on any atom is 0.262 e. The Morgan fingerprint density at radius 1 is 1.23 bits per heavy atom. The van der Waals surface area contributed by atoms with E-state index >= 15 is 0 Å². The van der Waals surface area contributed by atoms with Crippen molar-refractivity contribution in [2.75, 3.05) is 17.7 Å². The highest BCUT2D eigenvalue weighted by Gasteiger charge is 2.11.